The van der Waals surface area contributed by atoms with Gasteiger partial charge < -0.3 is 35.0 Å². The fourth-order valence-electron chi connectivity index (χ4n) is 6.76. The average Bonchev–Trinajstić information content (AvgIpc) is 3.70. The van der Waals surface area contributed by atoms with Gasteiger partial charge in [0.05, 0.1) is 18.1 Å². The van der Waals surface area contributed by atoms with Gasteiger partial charge in [0.2, 0.25) is 23.5 Å². The summed E-state index contributed by atoms with van der Waals surface area (Å²) in [5.41, 5.74) is 1.84. The summed E-state index contributed by atoms with van der Waals surface area (Å²) in [5, 5.41) is 50.9. The Kier molecular flexibility index (Phi) is 15.9. The molecule has 0 spiro atoms. The number of anilines is 1. The molecule has 1 saturated carbocycles. The first-order valence-corrected chi connectivity index (χ1v) is 21.3. The quantitative estimate of drug-likeness (QED) is 0.0152. The second-order valence-corrected chi connectivity index (χ2v) is 16.1. The lowest BCUT2D eigenvalue weighted by Crippen LogP contribution is -2.49. The lowest BCUT2D eigenvalue weighted by molar-refractivity contribution is -0.526. The van der Waals surface area contributed by atoms with Crippen LogP contribution in [0.3, 0.4) is 0 Å². The largest absolute Gasteiger partial charge is 0.492 e. The number of carbonyl (C=O) groups excluding carboxylic acids is 4. The number of nitrogens with zero attached hydrogens (tertiary/aromatic N) is 4. The van der Waals surface area contributed by atoms with Crippen LogP contribution in [0.15, 0.2) is 72.8 Å². The minimum Gasteiger partial charge on any atom is -0.492 e. The van der Waals surface area contributed by atoms with E-state index in [0.29, 0.717) is 52.4 Å². The van der Waals surface area contributed by atoms with Crippen molar-refractivity contribution in [3.8, 4) is 23.5 Å². The van der Waals surface area contributed by atoms with Gasteiger partial charge in [-0.2, -0.15) is 8.42 Å². The van der Waals surface area contributed by atoms with Gasteiger partial charge in [-0.1, -0.05) is 29.3 Å². The van der Waals surface area contributed by atoms with Gasteiger partial charge >= 0.3 is 11.9 Å². The number of aromatic nitrogens is 2. The summed E-state index contributed by atoms with van der Waals surface area (Å²) >= 11 is 0.897. The molecular formula is C38H45N4O16S2+. The van der Waals surface area contributed by atoms with E-state index in [1.807, 2.05) is 4.58 Å². The van der Waals surface area contributed by atoms with Gasteiger partial charge in [-0.3, -0.25) is 14.1 Å². The number of carbonyl (C=O) groups is 4. The zero-order valence-electron chi connectivity index (χ0n) is 32.0. The highest BCUT2D eigenvalue weighted by Gasteiger charge is 2.52. The first kappa shape index (κ1) is 45.4. The molecule has 60 heavy (non-hydrogen) atoms. The summed E-state index contributed by atoms with van der Waals surface area (Å²) in [6.45, 7) is 1.31. The molecule has 2 aliphatic rings. The molecule has 3 aromatic rings. The summed E-state index contributed by atoms with van der Waals surface area (Å²) in [6.07, 6.45) is 8.19. The lowest BCUT2D eigenvalue weighted by Gasteiger charge is -2.36. The summed E-state index contributed by atoms with van der Waals surface area (Å²) in [7, 11) is -4.23. The van der Waals surface area contributed by atoms with Crippen LogP contribution in [0.25, 0.3) is 0 Å². The standard InChI is InChI=1S/C38H44N4O16S2/c43-29-15-16-30(44)41(29)55-33(47)5-1-19-39(21-3-23-59-58-57-51)27-11-7-25(8-12-27)35-37(49)36(38(35)50)26-9-13-28(14-10-26)40(22-4-24-60(52,53)54)20-2-6-34(48)56-42-31(45)17-18-32(42)46/h7-18,25,35-36H,1-6,19-24H2,(H5-,43,44,45,46,51,52,53,54)/p+1. The zero-order chi connectivity index (χ0) is 43.4. The molecule has 1 fully saturated rings. The van der Waals surface area contributed by atoms with Crippen LogP contribution >= 0.6 is 12.0 Å². The molecule has 22 heteroatoms. The minimum absolute atomic E-state index is 0.0438. The van der Waals surface area contributed by atoms with E-state index in [1.165, 1.54) is 12.1 Å². The van der Waals surface area contributed by atoms with Crippen molar-refractivity contribution in [3.05, 3.63) is 78.4 Å². The smallest absolute Gasteiger partial charge is 0.333 e. The topological polar surface area (TPSA) is 277 Å². The van der Waals surface area contributed by atoms with Gasteiger partial charge in [-0.25, -0.2) is 19.4 Å². The van der Waals surface area contributed by atoms with Crippen LogP contribution in [0, 0.1) is 11.8 Å². The van der Waals surface area contributed by atoms with Crippen LogP contribution in [-0.4, -0.2) is 120 Å². The molecule has 2 aromatic heterocycles. The van der Waals surface area contributed by atoms with Crippen molar-refractivity contribution in [1.29, 1.82) is 0 Å². The maximum Gasteiger partial charge on any atom is 0.333 e. The fraction of sp³-hybridized carbons (Fsp3) is 0.395. The molecular weight excluding hydrogens is 833 g/mol. The molecule has 0 radical (unpaired) electrons. The molecule has 0 saturated heterocycles. The van der Waals surface area contributed by atoms with Gasteiger partial charge in [-0.05, 0) is 30.5 Å². The number of aromatic hydroxyl groups is 4. The second kappa shape index (κ2) is 21.0. The van der Waals surface area contributed by atoms with Gasteiger partial charge in [0.1, 0.15) is 19.0 Å². The summed E-state index contributed by atoms with van der Waals surface area (Å²) in [6, 6.07) is 11.3. The third-order valence-electron chi connectivity index (χ3n) is 9.67. The van der Waals surface area contributed by atoms with Gasteiger partial charge in [0.25, 0.3) is 10.1 Å². The normalized spacial score (nSPS) is 17.4. The number of ketones is 2. The zero-order valence-corrected chi connectivity index (χ0v) is 33.6. The monoisotopic (exact) mass is 877 g/mol. The molecule has 5 rings (SSSR count). The third-order valence-corrected chi connectivity index (χ3v) is 11.1. The van der Waals surface area contributed by atoms with E-state index in [0.717, 1.165) is 29.9 Å². The predicted octanol–water partition coefficient (Wildman–Crippen LogP) is 2.57. The molecule has 0 bridgehead atoms. The van der Waals surface area contributed by atoms with Crippen molar-refractivity contribution < 1.29 is 81.5 Å². The molecule has 0 atom stereocenters. The van der Waals surface area contributed by atoms with E-state index in [9.17, 15) is 52.6 Å². The van der Waals surface area contributed by atoms with Crippen molar-refractivity contribution >= 4 is 57.1 Å². The maximum atomic E-state index is 13.5. The third kappa shape index (κ3) is 12.2. The Morgan fingerprint density at radius 2 is 1.27 bits per heavy atom. The van der Waals surface area contributed by atoms with Crippen LogP contribution in [0.5, 0.6) is 23.5 Å². The highest BCUT2D eigenvalue weighted by atomic mass is 32.2. The first-order valence-electron chi connectivity index (χ1n) is 18.7. The Morgan fingerprint density at radius 1 is 0.750 bits per heavy atom. The summed E-state index contributed by atoms with van der Waals surface area (Å²) in [5.74, 6) is -6.16. The van der Waals surface area contributed by atoms with E-state index < -0.39 is 69.1 Å². The molecule has 0 aliphatic heterocycles. The van der Waals surface area contributed by atoms with Crippen LogP contribution in [0.2, 0.25) is 0 Å². The van der Waals surface area contributed by atoms with Crippen LogP contribution in [0.1, 0.15) is 50.0 Å². The van der Waals surface area contributed by atoms with Gasteiger partial charge in [0, 0.05) is 98.2 Å². The van der Waals surface area contributed by atoms with E-state index in [4.69, 9.17) is 14.9 Å². The average molecular weight is 878 g/mol. The SMILES string of the molecule is O=C(CCCN(CCCS(=O)(=O)O)c1ccc(C2C(=O)C(C3C=CC(=[N+](CCCSOOO)CCCC(=O)On4c(O)ccc4O)C=C3)C2=O)cc1)On1c(O)ccc1O. The maximum absolute atomic E-state index is 13.5. The van der Waals surface area contributed by atoms with Crippen molar-refractivity contribution in [2.24, 2.45) is 11.8 Å². The highest BCUT2D eigenvalue weighted by molar-refractivity contribution is 7.94. The number of rotatable bonds is 23. The molecule has 0 amide bonds. The van der Waals surface area contributed by atoms with Crippen molar-refractivity contribution in [1.82, 2.24) is 9.46 Å². The van der Waals surface area contributed by atoms with E-state index in [1.54, 1.807) is 53.5 Å². The first-order chi connectivity index (χ1) is 28.7. The summed E-state index contributed by atoms with van der Waals surface area (Å²) < 4.78 is 39.6. The van der Waals surface area contributed by atoms with Crippen LogP contribution < -0.4 is 14.6 Å². The molecule has 2 aliphatic carbocycles. The molecule has 1 aromatic carbocycles. The fourth-order valence-corrected chi connectivity index (χ4v) is 7.61. The lowest BCUT2D eigenvalue weighted by atomic mass is 9.63. The molecule has 20 nitrogen and oxygen atoms in total. The Bertz CT molecular complexity index is 2140. The number of allylic oxidation sites excluding steroid dienone is 4. The predicted molar refractivity (Wildman–Crippen MR) is 212 cm³/mol. The van der Waals surface area contributed by atoms with Gasteiger partial charge in [-0.15, -0.1) is 13.8 Å². The highest BCUT2D eigenvalue weighted by Crippen LogP contribution is 2.41. The molecule has 324 valence electrons. The van der Waals surface area contributed by atoms with Gasteiger partial charge in [0.15, 0.2) is 17.3 Å². The molecule has 6 N–H and O–H groups in total. The van der Waals surface area contributed by atoms with Crippen molar-refractivity contribution in [2.75, 3.05) is 42.6 Å². The number of hydrogen-bond donors (Lipinski definition) is 6. The minimum atomic E-state index is -4.23. The number of benzene rings is 1. The molecule has 2 heterocycles. The van der Waals surface area contributed by atoms with E-state index in [-0.39, 0.29) is 50.3 Å². The Hall–Kier alpha value is -5.65. The number of hydrogen-bond acceptors (Lipinski definition) is 17. The Labute approximate surface area is 347 Å². The van der Waals surface area contributed by atoms with Crippen LogP contribution in [-0.2, 0) is 38.7 Å². The van der Waals surface area contributed by atoms with Crippen LogP contribution in [0.4, 0.5) is 5.69 Å². The number of Topliss-reactive ketones (excluding diaryl/α,β-unsaturated/α-hetero) is 2. The van der Waals surface area contributed by atoms with E-state index in [2.05, 4.69) is 9.37 Å². The van der Waals surface area contributed by atoms with E-state index >= 15 is 0 Å². The second-order valence-electron chi connectivity index (χ2n) is 13.8. The van der Waals surface area contributed by atoms with Crippen molar-refractivity contribution in [2.45, 2.75) is 44.4 Å². The molecule has 0 unspecified atom stereocenters. The van der Waals surface area contributed by atoms with Crippen molar-refractivity contribution in [3.63, 3.8) is 0 Å². The Balaban J connectivity index is 1.18. The Morgan fingerprint density at radius 3 is 1.80 bits per heavy atom. The summed E-state index contributed by atoms with van der Waals surface area (Å²) in [4.78, 5) is 63.5.